The van der Waals surface area contributed by atoms with Gasteiger partial charge in [-0.1, -0.05) is 18.2 Å². The molecule has 1 saturated heterocycles. The van der Waals surface area contributed by atoms with E-state index in [1.165, 1.54) is 10.6 Å². The summed E-state index contributed by atoms with van der Waals surface area (Å²) >= 11 is 0. The summed E-state index contributed by atoms with van der Waals surface area (Å²) in [4.78, 5) is 12.5. The minimum absolute atomic E-state index is 0.0719. The Morgan fingerprint density at radius 1 is 1.25 bits per heavy atom. The third-order valence-corrected chi connectivity index (χ3v) is 6.04. The maximum atomic E-state index is 12.5. The number of carbonyl (C=O) groups is 1. The molecular formula is C17H23N3O3S. The van der Waals surface area contributed by atoms with Crippen LogP contribution in [-0.4, -0.2) is 49.1 Å². The van der Waals surface area contributed by atoms with Crippen molar-refractivity contribution in [2.75, 3.05) is 25.9 Å². The molecule has 1 aromatic carbocycles. The number of carbonyl (C=O) groups excluding carboxylic acids is 1. The number of hydrogen-bond donors (Lipinski definition) is 1. The van der Waals surface area contributed by atoms with Crippen molar-refractivity contribution in [3.8, 4) is 0 Å². The van der Waals surface area contributed by atoms with Gasteiger partial charge in [0.05, 0.1) is 11.8 Å². The average molecular weight is 349 g/mol. The van der Waals surface area contributed by atoms with Crippen LogP contribution in [0.1, 0.15) is 23.2 Å². The van der Waals surface area contributed by atoms with Gasteiger partial charge in [0, 0.05) is 43.8 Å². The molecular weight excluding hydrogens is 326 g/mol. The number of nitrogens with zero attached hydrogens (tertiary/aromatic N) is 2. The first-order chi connectivity index (χ1) is 11.4. The first kappa shape index (κ1) is 17.0. The van der Waals surface area contributed by atoms with E-state index in [0.717, 1.165) is 23.7 Å². The molecule has 1 N–H and O–H groups in total. The summed E-state index contributed by atoms with van der Waals surface area (Å²) in [6, 6.07) is 7.83. The van der Waals surface area contributed by atoms with Gasteiger partial charge in [0.2, 0.25) is 10.0 Å². The summed E-state index contributed by atoms with van der Waals surface area (Å²) in [5.41, 5.74) is 1.71. The normalized spacial score (nSPS) is 17.2. The van der Waals surface area contributed by atoms with Crippen LogP contribution in [0.15, 0.2) is 30.5 Å². The van der Waals surface area contributed by atoms with E-state index in [9.17, 15) is 13.2 Å². The molecule has 0 atom stereocenters. The first-order valence-electron chi connectivity index (χ1n) is 8.13. The third kappa shape index (κ3) is 3.47. The molecule has 0 radical (unpaired) electrons. The molecule has 1 aliphatic rings. The molecule has 0 bridgehead atoms. The van der Waals surface area contributed by atoms with Gasteiger partial charge in [0.15, 0.2) is 0 Å². The molecule has 1 aliphatic heterocycles. The largest absolute Gasteiger partial charge is 0.352 e. The quantitative estimate of drug-likeness (QED) is 0.911. The second kappa shape index (κ2) is 6.57. The zero-order chi connectivity index (χ0) is 17.3. The van der Waals surface area contributed by atoms with Crippen LogP contribution in [0.25, 0.3) is 10.9 Å². The molecule has 2 aromatic rings. The van der Waals surface area contributed by atoms with E-state index in [0.29, 0.717) is 31.1 Å². The lowest BCUT2D eigenvalue weighted by atomic mass is 9.98. The standard InChI is InChI=1S/C17H23N3O3S/c1-19-12-15(14-5-3-4-6-16(14)19)17(21)18-11-13-7-9-20(10-8-13)24(2,22)23/h3-6,12-13H,7-11H2,1-2H3,(H,18,21). The van der Waals surface area contributed by atoms with Crippen molar-refractivity contribution in [2.24, 2.45) is 13.0 Å². The highest BCUT2D eigenvalue weighted by atomic mass is 32.2. The SMILES string of the molecule is Cn1cc(C(=O)NCC2CCN(S(C)(=O)=O)CC2)c2ccccc21. The van der Waals surface area contributed by atoms with Crippen LogP contribution >= 0.6 is 0 Å². The summed E-state index contributed by atoms with van der Waals surface area (Å²) in [6.45, 7) is 1.65. The summed E-state index contributed by atoms with van der Waals surface area (Å²) in [5.74, 6) is 0.249. The summed E-state index contributed by atoms with van der Waals surface area (Å²) in [7, 11) is -1.17. The molecule has 2 heterocycles. The summed E-state index contributed by atoms with van der Waals surface area (Å²) in [5, 5.41) is 3.96. The molecule has 0 unspecified atom stereocenters. The third-order valence-electron chi connectivity index (χ3n) is 4.74. The van der Waals surface area contributed by atoms with Gasteiger partial charge in [-0.25, -0.2) is 12.7 Å². The topological polar surface area (TPSA) is 71.4 Å². The molecule has 130 valence electrons. The van der Waals surface area contributed by atoms with Crippen molar-refractivity contribution < 1.29 is 13.2 Å². The van der Waals surface area contributed by atoms with E-state index in [-0.39, 0.29) is 5.91 Å². The van der Waals surface area contributed by atoms with Crippen molar-refractivity contribution in [3.63, 3.8) is 0 Å². The van der Waals surface area contributed by atoms with Crippen molar-refractivity contribution in [3.05, 3.63) is 36.0 Å². The van der Waals surface area contributed by atoms with Crippen LogP contribution in [0.5, 0.6) is 0 Å². The molecule has 24 heavy (non-hydrogen) atoms. The second-order valence-electron chi connectivity index (χ2n) is 6.49. The second-order valence-corrected chi connectivity index (χ2v) is 8.47. The fraction of sp³-hybridized carbons (Fsp3) is 0.471. The number of piperidine rings is 1. The molecule has 6 nitrogen and oxygen atoms in total. The Kier molecular flexibility index (Phi) is 4.64. The maximum Gasteiger partial charge on any atom is 0.253 e. The highest BCUT2D eigenvalue weighted by molar-refractivity contribution is 7.88. The number of aryl methyl sites for hydroxylation is 1. The van der Waals surface area contributed by atoms with E-state index < -0.39 is 10.0 Å². The van der Waals surface area contributed by atoms with Gasteiger partial charge in [-0.2, -0.15) is 0 Å². The zero-order valence-corrected chi connectivity index (χ0v) is 14.8. The van der Waals surface area contributed by atoms with Gasteiger partial charge < -0.3 is 9.88 Å². The van der Waals surface area contributed by atoms with Gasteiger partial charge in [-0.05, 0) is 24.8 Å². The first-order valence-corrected chi connectivity index (χ1v) is 9.98. The molecule has 0 aliphatic carbocycles. The molecule has 1 aromatic heterocycles. The number of amides is 1. The number of benzene rings is 1. The predicted molar refractivity (Wildman–Crippen MR) is 94.4 cm³/mol. The highest BCUT2D eigenvalue weighted by Crippen LogP contribution is 2.21. The smallest absolute Gasteiger partial charge is 0.253 e. The number of rotatable bonds is 4. The van der Waals surface area contributed by atoms with Gasteiger partial charge in [-0.3, -0.25) is 4.79 Å². The molecule has 0 spiro atoms. The minimum Gasteiger partial charge on any atom is -0.352 e. The van der Waals surface area contributed by atoms with Gasteiger partial charge >= 0.3 is 0 Å². The molecule has 1 fully saturated rings. The summed E-state index contributed by atoms with van der Waals surface area (Å²) in [6.07, 6.45) is 4.66. The van der Waals surface area contributed by atoms with Gasteiger partial charge in [0.25, 0.3) is 5.91 Å². The van der Waals surface area contributed by atoms with Crippen LogP contribution in [0, 0.1) is 5.92 Å². The van der Waals surface area contributed by atoms with E-state index >= 15 is 0 Å². The summed E-state index contributed by atoms with van der Waals surface area (Å²) < 4.78 is 26.5. The van der Waals surface area contributed by atoms with Crippen LogP contribution in [0.2, 0.25) is 0 Å². The van der Waals surface area contributed by atoms with Gasteiger partial charge in [0.1, 0.15) is 0 Å². The lowest BCUT2D eigenvalue weighted by Crippen LogP contribution is -2.41. The zero-order valence-electron chi connectivity index (χ0n) is 14.0. The highest BCUT2D eigenvalue weighted by Gasteiger charge is 2.25. The number of nitrogens with one attached hydrogen (secondary N) is 1. The number of sulfonamides is 1. The van der Waals surface area contributed by atoms with Crippen molar-refractivity contribution in [1.29, 1.82) is 0 Å². The Bertz CT molecular complexity index is 849. The minimum atomic E-state index is -3.10. The average Bonchev–Trinajstić information content (AvgIpc) is 2.90. The number of para-hydroxylation sites is 1. The van der Waals surface area contributed by atoms with Gasteiger partial charge in [-0.15, -0.1) is 0 Å². The van der Waals surface area contributed by atoms with Crippen LogP contribution < -0.4 is 5.32 Å². The maximum absolute atomic E-state index is 12.5. The van der Waals surface area contributed by atoms with E-state index in [1.54, 1.807) is 0 Å². The van der Waals surface area contributed by atoms with Crippen LogP contribution in [-0.2, 0) is 17.1 Å². The van der Waals surface area contributed by atoms with E-state index in [1.807, 2.05) is 42.1 Å². The van der Waals surface area contributed by atoms with E-state index in [4.69, 9.17) is 0 Å². The molecule has 7 heteroatoms. The Morgan fingerprint density at radius 3 is 2.58 bits per heavy atom. The Balaban J connectivity index is 1.60. The lowest BCUT2D eigenvalue weighted by molar-refractivity contribution is 0.0943. The Labute approximate surface area is 142 Å². The fourth-order valence-corrected chi connectivity index (χ4v) is 4.17. The van der Waals surface area contributed by atoms with Crippen molar-refractivity contribution >= 4 is 26.8 Å². The fourth-order valence-electron chi connectivity index (χ4n) is 3.30. The van der Waals surface area contributed by atoms with Crippen LogP contribution in [0.3, 0.4) is 0 Å². The number of hydrogen-bond acceptors (Lipinski definition) is 3. The Morgan fingerprint density at radius 2 is 1.92 bits per heavy atom. The Hall–Kier alpha value is -1.86. The van der Waals surface area contributed by atoms with E-state index in [2.05, 4.69) is 5.32 Å². The lowest BCUT2D eigenvalue weighted by Gasteiger charge is -2.30. The predicted octanol–water partition coefficient (Wildman–Crippen LogP) is 1.58. The monoisotopic (exact) mass is 349 g/mol. The molecule has 1 amide bonds. The molecule has 0 saturated carbocycles. The number of aromatic nitrogens is 1. The van der Waals surface area contributed by atoms with Crippen molar-refractivity contribution in [2.45, 2.75) is 12.8 Å². The van der Waals surface area contributed by atoms with Crippen molar-refractivity contribution in [1.82, 2.24) is 14.2 Å². The molecule has 3 rings (SSSR count). The number of fused-ring (bicyclic) bond motifs is 1. The van der Waals surface area contributed by atoms with Crippen LogP contribution in [0.4, 0.5) is 0 Å².